The van der Waals surface area contributed by atoms with E-state index in [4.69, 9.17) is 21.1 Å². The number of methoxy groups -OCH3 is 1. The molecule has 0 bridgehead atoms. The highest BCUT2D eigenvalue weighted by Crippen LogP contribution is 2.27. The van der Waals surface area contributed by atoms with E-state index >= 15 is 0 Å². The van der Waals surface area contributed by atoms with Gasteiger partial charge in [-0.2, -0.15) is 0 Å². The Balaban J connectivity index is 1.66. The van der Waals surface area contributed by atoms with Crippen molar-refractivity contribution in [3.05, 3.63) is 64.7 Å². The summed E-state index contributed by atoms with van der Waals surface area (Å²) in [6, 6.07) is 9.88. The van der Waals surface area contributed by atoms with Crippen LogP contribution >= 0.6 is 11.6 Å². The van der Waals surface area contributed by atoms with E-state index in [0.29, 0.717) is 16.1 Å². The zero-order valence-corrected chi connectivity index (χ0v) is 24.7. The van der Waals surface area contributed by atoms with Crippen LogP contribution in [0.4, 0.5) is 4.39 Å². The van der Waals surface area contributed by atoms with Crippen LogP contribution in [0.5, 0.6) is 0 Å². The molecule has 2 aromatic carbocycles. The van der Waals surface area contributed by atoms with Crippen LogP contribution in [0, 0.1) is 17.7 Å². The van der Waals surface area contributed by atoms with E-state index in [1.54, 1.807) is 38.1 Å². The summed E-state index contributed by atoms with van der Waals surface area (Å²) in [6.07, 6.45) is -2.26. The first-order chi connectivity index (χ1) is 20.9. The number of aliphatic hydroxyl groups is 1. The number of carbonyl (C=O) groups excluding carboxylic acids is 4. The fraction of sp³-hybridized carbons (Fsp3) is 0.393. The molecular weight excluding hydrogens is 605 g/mol. The quantitative estimate of drug-likeness (QED) is 0.133. The number of esters is 3. The average molecular weight is 636 g/mol. The number of amides is 1. The van der Waals surface area contributed by atoms with Gasteiger partial charge in [0.15, 0.2) is 6.10 Å². The average Bonchev–Trinajstić information content (AvgIpc) is 3.43. The first kappa shape index (κ1) is 33.9. The summed E-state index contributed by atoms with van der Waals surface area (Å²) in [5.74, 6) is -5.43. The zero-order valence-electron chi connectivity index (χ0n) is 24.0. The molecule has 0 saturated carbocycles. The zero-order chi connectivity index (χ0) is 32.4. The number of tetrazole rings is 1. The Morgan fingerprint density at radius 1 is 1.07 bits per heavy atom. The third kappa shape index (κ3) is 9.70. The predicted octanol–water partition coefficient (Wildman–Crippen LogP) is 2.34. The van der Waals surface area contributed by atoms with Gasteiger partial charge in [0.2, 0.25) is 6.79 Å². The van der Waals surface area contributed by atoms with Crippen LogP contribution in [0.3, 0.4) is 0 Å². The number of aromatic nitrogens is 4. The van der Waals surface area contributed by atoms with Crippen molar-refractivity contribution >= 4 is 35.4 Å². The number of nitrogens with one attached hydrogen (secondary N) is 1. The lowest BCUT2D eigenvalue weighted by Crippen LogP contribution is -2.41. The number of halogens is 2. The maximum atomic E-state index is 14.3. The van der Waals surface area contributed by atoms with Gasteiger partial charge in [-0.1, -0.05) is 59.9 Å². The van der Waals surface area contributed by atoms with Crippen molar-refractivity contribution in [2.75, 3.05) is 13.9 Å². The summed E-state index contributed by atoms with van der Waals surface area (Å²) in [5, 5.41) is 32.7. The van der Waals surface area contributed by atoms with Crippen molar-refractivity contribution < 1.29 is 48.1 Å². The van der Waals surface area contributed by atoms with Crippen molar-refractivity contribution in [2.24, 2.45) is 11.8 Å². The molecule has 16 heteroatoms. The van der Waals surface area contributed by atoms with Crippen LogP contribution in [0.25, 0.3) is 11.1 Å². The fourth-order valence-electron chi connectivity index (χ4n) is 4.13. The predicted molar refractivity (Wildman–Crippen MR) is 149 cm³/mol. The molecule has 0 aliphatic heterocycles. The molecule has 0 aliphatic rings. The van der Waals surface area contributed by atoms with E-state index in [1.165, 1.54) is 25.3 Å². The number of aliphatic hydroxyl groups excluding tert-OH is 1. The van der Waals surface area contributed by atoms with Gasteiger partial charge in [-0.15, -0.1) is 0 Å². The van der Waals surface area contributed by atoms with E-state index in [1.807, 2.05) is 0 Å². The highest BCUT2D eigenvalue weighted by Gasteiger charge is 2.29. The van der Waals surface area contributed by atoms with Crippen molar-refractivity contribution in [1.29, 1.82) is 0 Å². The lowest BCUT2D eigenvalue weighted by molar-refractivity contribution is -0.178. The molecule has 1 heterocycles. The molecule has 0 unspecified atom stereocenters. The molecule has 44 heavy (non-hydrogen) atoms. The molecule has 3 N–H and O–H groups in total. The summed E-state index contributed by atoms with van der Waals surface area (Å²) in [7, 11) is 1.19. The van der Waals surface area contributed by atoms with Crippen molar-refractivity contribution in [2.45, 2.75) is 45.3 Å². The molecule has 0 spiro atoms. The second kappa shape index (κ2) is 15.7. The number of rotatable bonds is 14. The standard InChI is InChI=1S/C28H31ClFN5O9/c1-15(2)20(13-24(37)42-3)27(39)43-14-44-28(40)23(36)12-19(31-26(38)25-32-34-35(41)33-25)10-16-4-6-17(7-5-16)21-11-18(29)8-9-22(21)30/h4-9,11,15,19-20,23,36,41H,10,12-14H2,1-3H3,(H,31,38)/t19-,20+,23-/m1/s1. The molecule has 3 rings (SSSR count). The third-order valence-electron chi connectivity index (χ3n) is 6.52. The minimum absolute atomic E-state index is 0.0836. The molecule has 0 radical (unpaired) electrons. The smallest absolute Gasteiger partial charge is 0.337 e. The topological polar surface area (TPSA) is 192 Å². The van der Waals surface area contributed by atoms with Gasteiger partial charge in [-0.05, 0) is 46.9 Å². The molecule has 236 valence electrons. The summed E-state index contributed by atoms with van der Waals surface area (Å²) >= 11 is 6.00. The molecule has 0 saturated heterocycles. The molecule has 0 fully saturated rings. The Kier molecular flexibility index (Phi) is 12.1. The van der Waals surface area contributed by atoms with Crippen LogP contribution in [-0.4, -0.2) is 80.5 Å². The van der Waals surface area contributed by atoms with E-state index in [-0.39, 0.29) is 35.7 Å². The molecule has 3 atom stereocenters. The third-order valence-corrected chi connectivity index (χ3v) is 6.76. The Labute approximate surface area is 256 Å². The highest BCUT2D eigenvalue weighted by atomic mass is 35.5. The van der Waals surface area contributed by atoms with Gasteiger partial charge in [-0.25, -0.2) is 9.18 Å². The monoisotopic (exact) mass is 635 g/mol. The number of hydrogen-bond donors (Lipinski definition) is 3. The lowest BCUT2D eigenvalue weighted by atomic mass is 9.93. The van der Waals surface area contributed by atoms with Crippen LogP contribution in [0.2, 0.25) is 5.02 Å². The summed E-state index contributed by atoms with van der Waals surface area (Å²) in [4.78, 5) is 49.2. The Morgan fingerprint density at radius 2 is 1.75 bits per heavy atom. The largest absolute Gasteiger partial charge is 0.469 e. The van der Waals surface area contributed by atoms with E-state index in [0.717, 1.165) is 0 Å². The molecule has 3 aromatic rings. The van der Waals surface area contributed by atoms with Gasteiger partial charge >= 0.3 is 17.9 Å². The van der Waals surface area contributed by atoms with Crippen molar-refractivity contribution in [3.8, 4) is 11.1 Å². The lowest BCUT2D eigenvalue weighted by Gasteiger charge is -2.21. The normalized spacial score (nSPS) is 13.1. The molecule has 1 amide bonds. The van der Waals surface area contributed by atoms with E-state index in [2.05, 4.69) is 25.5 Å². The van der Waals surface area contributed by atoms with E-state index in [9.17, 15) is 33.9 Å². The summed E-state index contributed by atoms with van der Waals surface area (Å²) in [5.41, 5.74) is 1.47. The van der Waals surface area contributed by atoms with Crippen LogP contribution in [0.15, 0.2) is 42.5 Å². The van der Waals surface area contributed by atoms with Crippen molar-refractivity contribution in [1.82, 2.24) is 25.7 Å². The maximum absolute atomic E-state index is 14.3. The Morgan fingerprint density at radius 3 is 2.36 bits per heavy atom. The first-order valence-corrected chi connectivity index (χ1v) is 13.7. The second-order valence-corrected chi connectivity index (χ2v) is 10.4. The molecule has 14 nitrogen and oxygen atoms in total. The van der Waals surface area contributed by atoms with Gasteiger partial charge in [0.05, 0.1) is 19.4 Å². The number of carbonyl (C=O) groups is 4. The number of nitrogens with zero attached hydrogens (tertiary/aromatic N) is 4. The van der Waals surface area contributed by atoms with Crippen LogP contribution < -0.4 is 5.32 Å². The van der Waals surface area contributed by atoms with Gasteiger partial charge in [0.1, 0.15) is 5.82 Å². The first-order valence-electron chi connectivity index (χ1n) is 13.3. The fourth-order valence-corrected chi connectivity index (χ4v) is 4.31. The second-order valence-electron chi connectivity index (χ2n) is 10.0. The van der Waals surface area contributed by atoms with Gasteiger partial charge in [-0.3, -0.25) is 14.4 Å². The van der Waals surface area contributed by atoms with Crippen LogP contribution in [-0.2, 0) is 35.0 Å². The maximum Gasteiger partial charge on any atom is 0.337 e. The van der Waals surface area contributed by atoms with Gasteiger partial charge in [0.25, 0.3) is 11.7 Å². The summed E-state index contributed by atoms with van der Waals surface area (Å²) in [6.45, 7) is 2.60. The van der Waals surface area contributed by atoms with Crippen LogP contribution in [0.1, 0.15) is 42.9 Å². The minimum Gasteiger partial charge on any atom is -0.469 e. The minimum atomic E-state index is -1.77. The Bertz CT molecular complexity index is 1470. The summed E-state index contributed by atoms with van der Waals surface area (Å²) < 4.78 is 28.7. The van der Waals surface area contributed by atoms with Crippen molar-refractivity contribution in [3.63, 3.8) is 0 Å². The number of benzene rings is 2. The number of ether oxygens (including phenoxy) is 3. The molecule has 0 aliphatic carbocycles. The van der Waals surface area contributed by atoms with E-state index < -0.39 is 60.3 Å². The SMILES string of the molecule is COC(=O)C[C@H](C(=O)OCOC(=O)[C@H](O)C[C@@H](Cc1ccc(-c2cc(Cl)ccc2F)cc1)NC(=O)c1nnn(O)n1)C(C)C. The number of hydrogen-bond acceptors (Lipinski definition) is 12. The molecule has 1 aromatic heterocycles. The highest BCUT2D eigenvalue weighted by molar-refractivity contribution is 6.30. The van der Waals surface area contributed by atoms with Gasteiger partial charge < -0.3 is 29.8 Å². The molecular formula is C28H31ClFN5O9. The van der Waals surface area contributed by atoms with Gasteiger partial charge in [0, 0.05) is 28.0 Å². The Hall–Kier alpha value is -4.63.